The number of halogens is 2. The maximum atomic E-state index is 12.3. The Bertz CT molecular complexity index is 869. The Labute approximate surface area is 184 Å². The van der Waals surface area contributed by atoms with Gasteiger partial charge in [-0.1, -0.05) is 46.3 Å². The molecule has 29 heavy (non-hydrogen) atoms. The van der Waals surface area contributed by atoms with E-state index < -0.39 is 0 Å². The van der Waals surface area contributed by atoms with Gasteiger partial charge in [-0.25, -0.2) is 0 Å². The molecule has 1 amide bonds. The summed E-state index contributed by atoms with van der Waals surface area (Å²) in [4.78, 5) is 12.3. The molecule has 5 nitrogen and oxygen atoms in total. The highest BCUT2D eigenvalue weighted by Gasteiger charge is 2.21. The van der Waals surface area contributed by atoms with Crippen LogP contribution in [0.5, 0.6) is 11.5 Å². The molecule has 1 heterocycles. The number of carbonyl (C=O) groups is 1. The molecular weight excluding hydrogens is 456 g/mol. The third kappa shape index (κ3) is 6.49. The molecular formula is C22H24BrClN2O3. The van der Waals surface area contributed by atoms with Gasteiger partial charge in [0.05, 0.1) is 5.92 Å². The van der Waals surface area contributed by atoms with Crippen molar-refractivity contribution in [3.8, 4) is 11.5 Å². The van der Waals surface area contributed by atoms with Gasteiger partial charge in [-0.3, -0.25) is 4.79 Å². The Morgan fingerprint density at radius 3 is 2.76 bits per heavy atom. The van der Waals surface area contributed by atoms with Crippen molar-refractivity contribution in [2.24, 2.45) is 5.92 Å². The van der Waals surface area contributed by atoms with Gasteiger partial charge in [0, 0.05) is 34.2 Å². The molecule has 0 aromatic heterocycles. The van der Waals surface area contributed by atoms with Crippen LogP contribution < -0.4 is 20.1 Å². The van der Waals surface area contributed by atoms with Crippen molar-refractivity contribution < 1.29 is 14.3 Å². The van der Waals surface area contributed by atoms with Crippen LogP contribution in [0.25, 0.3) is 0 Å². The Morgan fingerprint density at radius 1 is 1.28 bits per heavy atom. The minimum Gasteiger partial charge on any atom is -0.489 e. The fourth-order valence-corrected chi connectivity index (χ4v) is 3.86. The third-order valence-corrected chi connectivity index (χ3v) is 5.59. The molecule has 0 spiro atoms. The summed E-state index contributed by atoms with van der Waals surface area (Å²) >= 11 is 9.50. The van der Waals surface area contributed by atoms with Crippen LogP contribution in [0, 0.1) is 5.92 Å². The molecule has 7 heteroatoms. The minimum atomic E-state index is 0.0353. The maximum Gasteiger partial charge on any atom is 0.224 e. The van der Waals surface area contributed by atoms with E-state index in [1.54, 1.807) is 6.08 Å². The summed E-state index contributed by atoms with van der Waals surface area (Å²) < 4.78 is 12.6. The fourth-order valence-electron chi connectivity index (χ4n) is 3.07. The molecule has 0 unspecified atom stereocenters. The van der Waals surface area contributed by atoms with Gasteiger partial charge in [0.2, 0.25) is 5.91 Å². The standard InChI is InChI=1S/C22H24BrClN2O3/c1-2-7-28-19-8-15(12-26-22(27)16-5-6-25-13-16)9-20(11-19)29-14-17-3-4-18(24)10-21(17)23/h2-4,8-11,16,25H,1,5-7,12-14H2,(H,26,27)/t16-/m1/s1. The highest BCUT2D eigenvalue weighted by molar-refractivity contribution is 9.10. The molecule has 1 aliphatic heterocycles. The molecule has 3 rings (SSSR count). The van der Waals surface area contributed by atoms with E-state index >= 15 is 0 Å². The van der Waals surface area contributed by atoms with Crippen LogP contribution in [0.4, 0.5) is 0 Å². The van der Waals surface area contributed by atoms with Crippen LogP contribution >= 0.6 is 27.5 Å². The smallest absolute Gasteiger partial charge is 0.224 e. The largest absolute Gasteiger partial charge is 0.489 e. The van der Waals surface area contributed by atoms with Gasteiger partial charge >= 0.3 is 0 Å². The lowest BCUT2D eigenvalue weighted by atomic mass is 10.1. The molecule has 1 atom stereocenters. The lowest BCUT2D eigenvalue weighted by Crippen LogP contribution is -2.31. The molecule has 154 valence electrons. The zero-order chi connectivity index (χ0) is 20.6. The topological polar surface area (TPSA) is 59.6 Å². The van der Waals surface area contributed by atoms with Gasteiger partial charge in [-0.2, -0.15) is 0 Å². The number of benzene rings is 2. The second kappa shape index (κ2) is 10.7. The van der Waals surface area contributed by atoms with Crippen molar-refractivity contribution >= 4 is 33.4 Å². The van der Waals surface area contributed by atoms with E-state index in [4.69, 9.17) is 21.1 Å². The molecule has 0 bridgehead atoms. The highest BCUT2D eigenvalue weighted by Crippen LogP contribution is 2.26. The normalized spacial score (nSPS) is 15.7. The summed E-state index contributed by atoms with van der Waals surface area (Å²) in [5.41, 5.74) is 1.89. The maximum absolute atomic E-state index is 12.3. The molecule has 1 aliphatic rings. The Balaban J connectivity index is 1.68. The van der Waals surface area contributed by atoms with Crippen molar-refractivity contribution in [2.45, 2.75) is 19.6 Å². The van der Waals surface area contributed by atoms with Crippen molar-refractivity contribution in [3.63, 3.8) is 0 Å². The first-order chi connectivity index (χ1) is 14.0. The van der Waals surface area contributed by atoms with Gasteiger partial charge in [-0.05, 0) is 42.8 Å². The van der Waals surface area contributed by atoms with Crippen LogP contribution in [-0.2, 0) is 17.9 Å². The molecule has 0 saturated carbocycles. The zero-order valence-electron chi connectivity index (χ0n) is 16.0. The Hall–Kier alpha value is -2.02. The van der Waals surface area contributed by atoms with Crippen molar-refractivity contribution in [1.82, 2.24) is 10.6 Å². The second-order valence-corrected chi connectivity index (χ2v) is 8.14. The van der Waals surface area contributed by atoms with Crippen LogP contribution in [0.2, 0.25) is 5.02 Å². The summed E-state index contributed by atoms with van der Waals surface area (Å²) in [7, 11) is 0. The van der Waals surface area contributed by atoms with Crippen LogP contribution in [0.3, 0.4) is 0 Å². The Kier molecular flexibility index (Phi) is 7.98. The first-order valence-electron chi connectivity index (χ1n) is 9.48. The summed E-state index contributed by atoms with van der Waals surface area (Å²) in [5, 5.41) is 6.88. The van der Waals surface area contributed by atoms with E-state index in [2.05, 4.69) is 33.1 Å². The molecule has 2 aromatic carbocycles. The van der Waals surface area contributed by atoms with E-state index in [0.29, 0.717) is 36.3 Å². The second-order valence-electron chi connectivity index (χ2n) is 6.84. The number of hydrogen-bond donors (Lipinski definition) is 2. The monoisotopic (exact) mass is 478 g/mol. The molecule has 2 N–H and O–H groups in total. The summed E-state index contributed by atoms with van der Waals surface area (Å²) in [5.74, 6) is 1.44. The first-order valence-corrected chi connectivity index (χ1v) is 10.6. The summed E-state index contributed by atoms with van der Waals surface area (Å²) in [6.07, 6.45) is 2.56. The average molecular weight is 480 g/mol. The zero-order valence-corrected chi connectivity index (χ0v) is 18.4. The number of nitrogens with one attached hydrogen (secondary N) is 2. The van der Waals surface area contributed by atoms with Crippen LogP contribution in [-0.4, -0.2) is 25.6 Å². The SMILES string of the molecule is C=CCOc1cc(CNC(=O)[C@@H]2CCNC2)cc(OCc2ccc(Cl)cc2Br)c1. The van der Waals surface area contributed by atoms with E-state index in [1.807, 2.05) is 36.4 Å². The van der Waals surface area contributed by atoms with Gasteiger partial charge < -0.3 is 20.1 Å². The molecule has 0 radical (unpaired) electrons. The number of ether oxygens (including phenoxy) is 2. The lowest BCUT2D eigenvalue weighted by Gasteiger charge is -2.14. The minimum absolute atomic E-state index is 0.0353. The number of carbonyl (C=O) groups excluding carboxylic acids is 1. The van der Waals surface area contributed by atoms with Gasteiger partial charge in [0.1, 0.15) is 24.7 Å². The van der Waals surface area contributed by atoms with E-state index in [-0.39, 0.29) is 11.8 Å². The van der Waals surface area contributed by atoms with Crippen molar-refractivity contribution in [1.29, 1.82) is 0 Å². The van der Waals surface area contributed by atoms with Crippen LogP contribution in [0.1, 0.15) is 17.5 Å². The molecule has 0 aliphatic carbocycles. The quantitative estimate of drug-likeness (QED) is 0.521. The van der Waals surface area contributed by atoms with Gasteiger partial charge in [0.25, 0.3) is 0 Å². The van der Waals surface area contributed by atoms with Crippen molar-refractivity contribution in [3.05, 3.63) is 69.7 Å². The molecule has 1 fully saturated rings. The number of rotatable bonds is 9. The van der Waals surface area contributed by atoms with Crippen molar-refractivity contribution in [2.75, 3.05) is 19.7 Å². The fraction of sp³-hybridized carbons (Fsp3) is 0.318. The van der Waals surface area contributed by atoms with E-state index in [0.717, 1.165) is 35.1 Å². The van der Waals surface area contributed by atoms with Gasteiger partial charge in [-0.15, -0.1) is 0 Å². The summed E-state index contributed by atoms with van der Waals surface area (Å²) in [6.45, 7) is 6.50. The predicted molar refractivity (Wildman–Crippen MR) is 118 cm³/mol. The lowest BCUT2D eigenvalue weighted by molar-refractivity contribution is -0.124. The average Bonchev–Trinajstić information content (AvgIpc) is 3.25. The van der Waals surface area contributed by atoms with E-state index in [9.17, 15) is 4.79 Å². The summed E-state index contributed by atoms with van der Waals surface area (Å²) in [6, 6.07) is 11.2. The molecule has 1 saturated heterocycles. The number of hydrogen-bond acceptors (Lipinski definition) is 4. The van der Waals surface area contributed by atoms with Crippen LogP contribution in [0.15, 0.2) is 53.5 Å². The predicted octanol–water partition coefficient (Wildman–Crippen LogP) is 4.47. The van der Waals surface area contributed by atoms with E-state index in [1.165, 1.54) is 0 Å². The highest BCUT2D eigenvalue weighted by atomic mass is 79.9. The first kappa shape index (κ1) is 21.7. The Morgan fingerprint density at radius 2 is 2.07 bits per heavy atom. The molecule has 2 aromatic rings. The third-order valence-electron chi connectivity index (χ3n) is 4.61. The number of amides is 1. The van der Waals surface area contributed by atoms with Gasteiger partial charge in [0.15, 0.2) is 0 Å².